The summed E-state index contributed by atoms with van der Waals surface area (Å²) < 4.78 is 10.9. The summed E-state index contributed by atoms with van der Waals surface area (Å²) in [6, 6.07) is 12.4. The van der Waals surface area contributed by atoms with E-state index in [9.17, 15) is 4.79 Å². The van der Waals surface area contributed by atoms with Gasteiger partial charge in [0.15, 0.2) is 5.69 Å². The molecule has 3 rings (SSSR count). The third-order valence-corrected chi connectivity index (χ3v) is 3.97. The first kappa shape index (κ1) is 18.2. The first-order chi connectivity index (χ1) is 12.6. The summed E-state index contributed by atoms with van der Waals surface area (Å²) in [6.07, 6.45) is 0. The van der Waals surface area contributed by atoms with E-state index < -0.39 is 5.97 Å². The summed E-state index contributed by atoms with van der Waals surface area (Å²) in [7, 11) is 0. The van der Waals surface area contributed by atoms with Gasteiger partial charge in [0.2, 0.25) is 0 Å². The van der Waals surface area contributed by atoms with Crippen molar-refractivity contribution >= 4 is 29.2 Å². The number of hydrogen-bond acceptors (Lipinski definition) is 5. The summed E-state index contributed by atoms with van der Waals surface area (Å²) in [6.45, 7) is 2.25. The molecule has 26 heavy (non-hydrogen) atoms. The number of hydrogen-bond donors (Lipinski definition) is 1. The average Bonchev–Trinajstić information content (AvgIpc) is 3.10. The van der Waals surface area contributed by atoms with Crippen molar-refractivity contribution in [3.63, 3.8) is 0 Å². The Morgan fingerprint density at radius 3 is 2.69 bits per heavy atom. The fourth-order valence-corrected chi connectivity index (χ4v) is 2.75. The second-order valence-corrected chi connectivity index (χ2v) is 6.17. The van der Waals surface area contributed by atoms with E-state index in [4.69, 9.17) is 32.7 Å². The molecular weight excluding hydrogens is 377 g/mol. The Hall–Kier alpha value is -2.57. The smallest absolute Gasteiger partial charge is 0.361 e. The van der Waals surface area contributed by atoms with E-state index in [-0.39, 0.29) is 12.3 Å². The minimum Gasteiger partial charge on any atom is -0.488 e. The van der Waals surface area contributed by atoms with Gasteiger partial charge in [-0.15, -0.1) is 5.10 Å². The topological polar surface area (TPSA) is 77.1 Å². The van der Waals surface area contributed by atoms with Crippen molar-refractivity contribution in [3.05, 3.63) is 63.8 Å². The molecule has 0 aliphatic rings. The molecule has 2 aromatic carbocycles. The Kier molecular flexibility index (Phi) is 5.75. The number of H-pyrrole nitrogens is 1. The van der Waals surface area contributed by atoms with Gasteiger partial charge < -0.3 is 9.47 Å². The normalized spacial score (nSPS) is 10.6. The summed E-state index contributed by atoms with van der Waals surface area (Å²) in [5.74, 6) is -0.0640. The molecule has 0 amide bonds. The molecule has 0 saturated carbocycles. The van der Waals surface area contributed by atoms with E-state index in [1.165, 1.54) is 0 Å². The predicted octanol–water partition coefficient (Wildman–Crippen LogP) is 4.53. The molecule has 0 bridgehead atoms. The molecule has 8 heteroatoms. The van der Waals surface area contributed by atoms with Gasteiger partial charge in [0.25, 0.3) is 0 Å². The number of rotatable bonds is 6. The third-order valence-electron chi connectivity index (χ3n) is 3.50. The highest BCUT2D eigenvalue weighted by Crippen LogP contribution is 2.33. The number of carbonyl (C=O) groups excluding carboxylic acids is 1. The maximum absolute atomic E-state index is 12.1. The van der Waals surface area contributed by atoms with Gasteiger partial charge >= 0.3 is 5.97 Å². The van der Waals surface area contributed by atoms with Crippen molar-refractivity contribution in [2.24, 2.45) is 0 Å². The third kappa shape index (κ3) is 4.15. The largest absolute Gasteiger partial charge is 0.488 e. The molecule has 1 aromatic heterocycles. The van der Waals surface area contributed by atoms with Crippen LogP contribution in [0, 0.1) is 0 Å². The molecule has 0 aliphatic carbocycles. The van der Waals surface area contributed by atoms with Gasteiger partial charge in [0, 0.05) is 15.6 Å². The van der Waals surface area contributed by atoms with Crippen molar-refractivity contribution < 1.29 is 14.3 Å². The molecule has 3 aromatic rings. The fraction of sp³-hybridized carbons (Fsp3) is 0.167. The highest BCUT2D eigenvalue weighted by molar-refractivity contribution is 6.31. The number of nitrogens with one attached hydrogen (secondary N) is 1. The molecule has 0 saturated heterocycles. The maximum atomic E-state index is 12.1. The molecule has 0 aliphatic heterocycles. The van der Waals surface area contributed by atoms with Gasteiger partial charge in [-0.25, -0.2) is 4.79 Å². The van der Waals surface area contributed by atoms with Crippen molar-refractivity contribution in [2.45, 2.75) is 13.5 Å². The molecule has 0 fully saturated rings. The second-order valence-electron chi connectivity index (χ2n) is 5.30. The summed E-state index contributed by atoms with van der Waals surface area (Å²) in [5.41, 5.74) is 1.83. The van der Waals surface area contributed by atoms with Crippen LogP contribution in [0.25, 0.3) is 11.3 Å². The predicted molar refractivity (Wildman–Crippen MR) is 98.6 cm³/mol. The fourth-order valence-electron chi connectivity index (χ4n) is 2.36. The Balaban J connectivity index is 1.92. The number of aromatic amines is 1. The zero-order valence-electron chi connectivity index (χ0n) is 13.8. The Morgan fingerprint density at radius 1 is 1.12 bits per heavy atom. The lowest BCUT2D eigenvalue weighted by molar-refractivity contribution is 0.0520. The van der Waals surface area contributed by atoms with E-state index >= 15 is 0 Å². The van der Waals surface area contributed by atoms with Crippen LogP contribution in [-0.4, -0.2) is 28.0 Å². The first-order valence-corrected chi connectivity index (χ1v) is 8.59. The van der Waals surface area contributed by atoms with Crippen LogP contribution in [0.1, 0.15) is 23.0 Å². The van der Waals surface area contributed by atoms with E-state index in [1.54, 1.807) is 31.2 Å². The number of esters is 1. The van der Waals surface area contributed by atoms with Gasteiger partial charge in [-0.3, -0.25) is 0 Å². The molecule has 0 unspecified atom stereocenters. The first-order valence-electron chi connectivity index (χ1n) is 7.83. The molecule has 0 radical (unpaired) electrons. The van der Waals surface area contributed by atoms with E-state index in [2.05, 4.69) is 15.4 Å². The minimum atomic E-state index is -0.572. The zero-order valence-corrected chi connectivity index (χ0v) is 15.3. The molecule has 1 N–H and O–H groups in total. The standard InChI is InChI=1S/C18H15Cl2N3O3/c1-2-25-18(24)17-16(21-23-22-17)14-9-13(20)6-7-15(14)26-10-11-4-3-5-12(19)8-11/h3-9H,2,10H2,1H3,(H,21,22,23). The highest BCUT2D eigenvalue weighted by atomic mass is 35.5. The van der Waals surface area contributed by atoms with Gasteiger partial charge in [-0.05, 0) is 42.8 Å². The second kappa shape index (κ2) is 8.21. The molecule has 134 valence electrons. The Labute approximate surface area is 160 Å². The van der Waals surface area contributed by atoms with Gasteiger partial charge in [-0.2, -0.15) is 10.3 Å². The van der Waals surface area contributed by atoms with E-state index in [0.29, 0.717) is 33.7 Å². The summed E-state index contributed by atoms with van der Waals surface area (Å²) in [5, 5.41) is 11.5. The number of halogens is 2. The van der Waals surface area contributed by atoms with Crippen LogP contribution in [0.3, 0.4) is 0 Å². The van der Waals surface area contributed by atoms with Gasteiger partial charge in [-0.1, -0.05) is 35.3 Å². The maximum Gasteiger partial charge on any atom is 0.361 e. The quantitative estimate of drug-likeness (QED) is 0.624. The lowest BCUT2D eigenvalue weighted by Gasteiger charge is -2.11. The van der Waals surface area contributed by atoms with Crippen molar-refractivity contribution in [2.75, 3.05) is 6.61 Å². The highest BCUT2D eigenvalue weighted by Gasteiger charge is 2.22. The molecule has 1 heterocycles. The zero-order chi connectivity index (χ0) is 18.5. The molecular formula is C18H15Cl2N3O3. The van der Waals surface area contributed by atoms with Crippen molar-refractivity contribution in [1.82, 2.24) is 15.4 Å². The SMILES string of the molecule is CCOC(=O)c1n[nH]nc1-c1cc(Cl)ccc1OCc1cccc(Cl)c1. The van der Waals surface area contributed by atoms with E-state index in [0.717, 1.165) is 5.56 Å². The summed E-state index contributed by atoms with van der Waals surface area (Å²) >= 11 is 12.1. The monoisotopic (exact) mass is 391 g/mol. The molecule has 0 atom stereocenters. The summed E-state index contributed by atoms with van der Waals surface area (Å²) in [4.78, 5) is 12.1. The van der Waals surface area contributed by atoms with Crippen LogP contribution in [0.15, 0.2) is 42.5 Å². The van der Waals surface area contributed by atoms with E-state index in [1.807, 2.05) is 18.2 Å². The number of aromatic nitrogens is 3. The number of carbonyl (C=O) groups is 1. The molecule has 0 spiro atoms. The van der Waals surface area contributed by atoms with Crippen LogP contribution in [0.4, 0.5) is 0 Å². The Bertz CT molecular complexity index is 928. The van der Waals surface area contributed by atoms with Crippen molar-refractivity contribution in [1.29, 1.82) is 0 Å². The minimum absolute atomic E-state index is 0.0710. The van der Waals surface area contributed by atoms with Crippen LogP contribution in [0.2, 0.25) is 10.0 Å². The number of benzene rings is 2. The van der Waals surface area contributed by atoms with Gasteiger partial charge in [0.1, 0.15) is 18.1 Å². The van der Waals surface area contributed by atoms with Crippen molar-refractivity contribution in [3.8, 4) is 17.0 Å². The van der Waals surface area contributed by atoms with Crippen LogP contribution in [-0.2, 0) is 11.3 Å². The number of nitrogens with zero attached hydrogens (tertiary/aromatic N) is 2. The van der Waals surface area contributed by atoms with Crippen LogP contribution >= 0.6 is 23.2 Å². The number of ether oxygens (including phenoxy) is 2. The van der Waals surface area contributed by atoms with Crippen LogP contribution in [0.5, 0.6) is 5.75 Å². The average molecular weight is 392 g/mol. The lowest BCUT2D eigenvalue weighted by atomic mass is 10.1. The van der Waals surface area contributed by atoms with Gasteiger partial charge in [0.05, 0.1) is 6.61 Å². The Morgan fingerprint density at radius 2 is 1.92 bits per heavy atom. The van der Waals surface area contributed by atoms with Crippen LogP contribution < -0.4 is 4.74 Å². The lowest BCUT2D eigenvalue weighted by Crippen LogP contribution is -2.07. The molecule has 6 nitrogen and oxygen atoms in total.